The molecule has 148 valence electrons. The Morgan fingerprint density at radius 1 is 0.516 bits per heavy atom. The molecule has 0 fully saturated rings. The fourth-order valence-corrected chi connectivity index (χ4v) is 3.70. The second-order valence-corrected chi connectivity index (χ2v) is 7.22. The molecule has 0 atom stereocenters. The highest BCUT2D eigenvalue weighted by atomic mass is 16.5. The molecule has 5 nitrogen and oxygen atoms in total. The largest absolute Gasteiger partial charge is 0.457 e. The number of aromatic nitrogens is 2. The van der Waals surface area contributed by atoms with E-state index in [0.717, 1.165) is 44.5 Å². The SMILES string of the molecule is c1ccc(-c2onc3ccc(Oc4ccc5noc(-c6ccccc6)c5c4)cc23)cc1. The van der Waals surface area contributed by atoms with Crippen molar-refractivity contribution in [3.63, 3.8) is 0 Å². The minimum absolute atomic E-state index is 0.699. The summed E-state index contributed by atoms with van der Waals surface area (Å²) in [6.45, 7) is 0. The third-order valence-corrected chi connectivity index (χ3v) is 5.20. The van der Waals surface area contributed by atoms with Crippen LogP contribution in [0.4, 0.5) is 0 Å². The fraction of sp³-hybridized carbons (Fsp3) is 0. The number of rotatable bonds is 4. The van der Waals surface area contributed by atoms with Crippen molar-refractivity contribution in [3.8, 4) is 34.1 Å². The standard InChI is InChI=1S/C26H16N2O3/c1-3-7-17(8-4-1)25-21-15-19(11-13-23(21)27-30-25)29-20-12-14-24-22(16-20)26(31-28-24)18-9-5-2-6-10-18/h1-16H. The van der Waals surface area contributed by atoms with Crippen molar-refractivity contribution in [1.29, 1.82) is 0 Å². The molecule has 2 heterocycles. The lowest BCUT2D eigenvalue weighted by Gasteiger charge is -2.06. The maximum absolute atomic E-state index is 6.18. The van der Waals surface area contributed by atoms with Gasteiger partial charge in [-0.05, 0) is 36.4 Å². The van der Waals surface area contributed by atoms with E-state index in [1.54, 1.807) is 0 Å². The molecule has 0 saturated carbocycles. The van der Waals surface area contributed by atoms with Gasteiger partial charge in [-0.2, -0.15) is 0 Å². The molecule has 0 aliphatic heterocycles. The first-order chi connectivity index (χ1) is 15.3. The Labute approximate surface area is 177 Å². The van der Waals surface area contributed by atoms with Gasteiger partial charge < -0.3 is 13.8 Å². The van der Waals surface area contributed by atoms with Gasteiger partial charge in [0, 0.05) is 11.1 Å². The van der Waals surface area contributed by atoms with Crippen LogP contribution in [0.5, 0.6) is 11.5 Å². The maximum Gasteiger partial charge on any atom is 0.174 e. The van der Waals surface area contributed by atoms with Crippen molar-refractivity contribution in [2.75, 3.05) is 0 Å². The summed E-state index contributed by atoms with van der Waals surface area (Å²) >= 11 is 0. The van der Waals surface area contributed by atoms with Crippen molar-refractivity contribution in [3.05, 3.63) is 97.1 Å². The Bertz CT molecular complexity index is 1390. The van der Waals surface area contributed by atoms with E-state index in [0.29, 0.717) is 11.5 Å². The van der Waals surface area contributed by atoms with Crippen LogP contribution in [0.15, 0.2) is 106 Å². The van der Waals surface area contributed by atoms with Gasteiger partial charge in [0.25, 0.3) is 0 Å². The van der Waals surface area contributed by atoms with E-state index in [1.165, 1.54) is 0 Å². The molecule has 6 aromatic rings. The topological polar surface area (TPSA) is 61.3 Å². The molecule has 0 N–H and O–H groups in total. The average molecular weight is 404 g/mol. The van der Waals surface area contributed by atoms with Crippen LogP contribution in [0.1, 0.15) is 0 Å². The first-order valence-electron chi connectivity index (χ1n) is 9.93. The van der Waals surface area contributed by atoms with E-state index in [2.05, 4.69) is 10.3 Å². The molecule has 4 aromatic carbocycles. The number of hydrogen-bond acceptors (Lipinski definition) is 5. The monoisotopic (exact) mass is 404 g/mol. The molecule has 0 radical (unpaired) electrons. The molecule has 6 rings (SSSR count). The lowest BCUT2D eigenvalue weighted by atomic mass is 10.1. The quantitative estimate of drug-likeness (QED) is 0.314. The third kappa shape index (κ3) is 3.13. The molecule has 0 bridgehead atoms. The molecule has 31 heavy (non-hydrogen) atoms. The first-order valence-corrected chi connectivity index (χ1v) is 9.93. The molecule has 0 aliphatic rings. The Balaban J connectivity index is 1.38. The van der Waals surface area contributed by atoms with Gasteiger partial charge in [-0.25, -0.2) is 0 Å². The minimum Gasteiger partial charge on any atom is -0.457 e. The van der Waals surface area contributed by atoms with E-state index >= 15 is 0 Å². The Morgan fingerprint density at radius 2 is 0.968 bits per heavy atom. The van der Waals surface area contributed by atoms with Crippen LogP contribution < -0.4 is 4.74 Å². The summed E-state index contributed by atoms with van der Waals surface area (Å²) in [6.07, 6.45) is 0. The van der Waals surface area contributed by atoms with E-state index < -0.39 is 0 Å². The van der Waals surface area contributed by atoms with Crippen molar-refractivity contribution in [2.45, 2.75) is 0 Å². The Kier molecular flexibility index (Phi) is 4.03. The van der Waals surface area contributed by atoms with Crippen LogP contribution >= 0.6 is 0 Å². The normalized spacial score (nSPS) is 11.2. The smallest absolute Gasteiger partial charge is 0.174 e. The second-order valence-electron chi connectivity index (χ2n) is 7.22. The Hall–Kier alpha value is -4.38. The number of fused-ring (bicyclic) bond motifs is 2. The zero-order chi connectivity index (χ0) is 20.6. The summed E-state index contributed by atoms with van der Waals surface area (Å²) in [6, 6.07) is 31.3. The Morgan fingerprint density at radius 3 is 1.42 bits per heavy atom. The van der Waals surface area contributed by atoms with Crippen LogP contribution in [0, 0.1) is 0 Å². The molecule has 0 aliphatic carbocycles. The molecular formula is C26H16N2O3. The van der Waals surface area contributed by atoms with Gasteiger partial charge in [0.1, 0.15) is 22.5 Å². The number of hydrogen-bond donors (Lipinski definition) is 0. The maximum atomic E-state index is 6.18. The average Bonchev–Trinajstić information content (AvgIpc) is 3.44. The third-order valence-electron chi connectivity index (χ3n) is 5.20. The lowest BCUT2D eigenvalue weighted by molar-refractivity contribution is 0.441. The highest BCUT2D eigenvalue weighted by Crippen LogP contribution is 2.35. The van der Waals surface area contributed by atoms with Gasteiger partial charge in [0.15, 0.2) is 11.5 Å². The molecule has 0 saturated heterocycles. The van der Waals surface area contributed by atoms with Crippen molar-refractivity contribution >= 4 is 21.8 Å². The van der Waals surface area contributed by atoms with Crippen molar-refractivity contribution in [1.82, 2.24) is 10.3 Å². The molecule has 0 unspecified atom stereocenters. The van der Waals surface area contributed by atoms with E-state index in [4.69, 9.17) is 13.8 Å². The van der Waals surface area contributed by atoms with Crippen LogP contribution in [-0.4, -0.2) is 10.3 Å². The van der Waals surface area contributed by atoms with Crippen molar-refractivity contribution < 1.29 is 13.8 Å². The first kappa shape index (κ1) is 17.5. The molecule has 0 amide bonds. The van der Waals surface area contributed by atoms with E-state index in [9.17, 15) is 0 Å². The molecule has 2 aromatic heterocycles. The van der Waals surface area contributed by atoms with Crippen LogP contribution in [0.3, 0.4) is 0 Å². The van der Waals surface area contributed by atoms with Gasteiger partial charge in [-0.1, -0.05) is 71.0 Å². The predicted octanol–water partition coefficient (Wildman–Crippen LogP) is 7.10. The summed E-state index contributed by atoms with van der Waals surface area (Å²) in [5, 5.41) is 10.1. The van der Waals surface area contributed by atoms with Gasteiger partial charge in [-0.15, -0.1) is 0 Å². The molecular weight excluding hydrogens is 388 g/mol. The highest BCUT2D eigenvalue weighted by Gasteiger charge is 2.14. The van der Waals surface area contributed by atoms with Crippen molar-refractivity contribution in [2.24, 2.45) is 0 Å². The molecule has 5 heteroatoms. The summed E-state index contributed by atoms with van der Waals surface area (Å²) in [5.41, 5.74) is 3.51. The van der Waals surface area contributed by atoms with Crippen LogP contribution in [0.25, 0.3) is 44.5 Å². The zero-order valence-corrected chi connectivity index (χ0v) is 16.4. The van der Waals surface area contributed by atoms with Crippen LogP contribution in [-0.2, 0) is 0 Å². The summed E-state index contributed by atoms with van der Waals surface area (Å²) in [4.78, 5) is 0. The fourth-order valence-electron chi connectivity index (χ4n) is 3.70. The minimum atomic E-state index is 0.699. The van der Waals surface area contributed by atoms with E-state index in [1.807, 2.05) is 97.1 Å². The predicted molar refractivity (Wildman–Crippen MR) is 119 cm³/mol. The van der Waals surface area contributed by atoms with Crippen LogP contribution in [0.2, 0.25) is 0 Å². The number of benzene rings is 4. The van der Waals surface area contributed by atoms with Gasteiger partial charge in [-0.3, -0.25) is 0 Å². The van der Waals surface area contributed by atoms with E-state index in [-0.39, 0.29) is 0 Å². The molecule has 0 spiro atoms. The summed E-state index contributed by atoms with van der Waals surface area (Å²) < 4.78 is 17.4. The highest BCUT2D eigenvalue weighted by molar-refractivity contribution is 5.93. The zero-order valence-electron chi connectivity index (χ0n) is 16.4. The van der Waals surface area contributed by atoms with Gasteiger partial charge in [0.05, 0.1) is 10.8 Å². The van der Waals surface area contributed by atoms with Gasteiger partial charge in [0.2, 0.25) is 0 Å². The second kappa shape index (κ2) is 7.15. The summed E-state index contributed by atoms with van der Waals surface area (Å²) in [5.74, 6) is 2.85. The summed E-state index contributed by atoms with van der Waals surface area (Å²) in [7, 11) is 0. The number of ether oxygens (including phenoxy) is 1. The number of nitrogens with zero attached hydrogens (tertiary/aromatic N) is 2. The van der Waals surface area contributed by atoms with Gasteiger partial charge >= 0.3 is 0 Å². The lowest BCUT2D eigenvalue weighted by Crippen LogP contribution is -1.85.